The molecule has 2 N–H and O–H groups in total. The van der Waals surface area contributed by atoms with Crippen molar-refractivity contribution in [1.29, 1.82) is 0 Å². The number of anilines is 4. The lowest BCUT2D eigenvalue weighted by Crippen LogP contribution is -2.59. The molecule has 2 fully saturated rings. The molecule has 3 aliphatic heterocycles. The first-order valence-corrected chi connectivity index (χ1v) is 17.1. The summed E-state index contributed by atoms with van der Waals surface area (Å²) < 4.78 is 9.04. The first kappa shape index (κ1) is 31.7. The van der Waals surface area contributed by atoms with E-state index in [2.05, 4.69) is 50.4 Å². The van der Waals surface area contributed by atoms with E-state index in [1.165, 1.54) is 15.8 Å². The Morgan fingerprint density at radius 3 is 2.59 bits per heavy atom. The summed E-state index contributed by atoms with van der Waals surface area (Å²) in [5.74, 6) is 1.56. The molecule has 0 aromatic carbocycles. The van der Waals surface area contributed by atoms with Crippen LogP contribution >= 0.6 is 0 Å². The summed E-state index contributed by atoms with van der Waals surface area (Å²) in [5, 5.41) is 13.8. The number of hydrogen-bond acceptors (Lipinski definition) is 10. The Labute approximate surface area is 285 Å². The van der Waals surface area contributed by atoms with Crippen LogP contribution in [0.4, 0.5) is 23.1 Å². The Kier molecular flexibility index (Phi) is 7.80. The molecule has 0 saturated carbocycles. The lowest BCUT2D eigenvalue weighted by atomic mass is 9.90. The van der Waals surface area contributed by atoms with Crippen molar-refractivity contribution in [2.75, 3.05) is 54.5 Å². The number of piperazine rings is 1. The molecule has 0 radical (unpaired) electrons. The number of rotatable bonds is 7. The number of fused-ring (bicyclic) bond motifs is 3. The smallest absolute Gasteiger partial charge is 0.276 e. The fourth-order valence-electron chi connectivity index (χ4n) is 7.97. The van der Waals surface area contributed by atoms with Gasteiger partial charge in [0, 0.05) is 75.0 Å². The average molecular weight is 666 g/mol. The molecule has 2 saturated heterocycles. The minimum absolute atomic E-state index is 0.119. The summed E-state index contributed by atoms with van der Waals surface area (Å²) in [7, 11) is 1.69. The van der Waals surface area contributed by atoms with Gasteiger partial charge in [-0.2, -0.15) is 0 Å². The molecule has 0 spiro atoms. The molecule has 1 aliphatic carbocycles. The van der Waals surface area contributed by atoms with Gasteiger partial charge in [0.15, 0.2) is 0 Å². The van der Waals surface area contributed by atoms with Gasteiger partial charge in [-0.15, -0.1) is 0 Å². The van der Waals surface area contributed by atoms with Crippen molar-refractivity contribution in [2.45, 2.75) is 58.8 Å². The minimum atomic E-state index is -0.326. The molecular weight excluding hydrogens is 622 g/mol. The van der Waals surface area contributed by atoms with Crippen molar-refractivity contribution in [3.05, 3.63) is 75.9 Å². The molecule has 4 aliphatic rings. The highest BCUT2D eigenvalue weighted by Gasteiger charge is 2.38. The number of aliphatic hydroxyl groups is 1. The molecule has 0 bridgehead atoms. The van der Waals surface area contributed by atoms with Gasteiger partial charge in [0.1, 0.15) is 28.8 Å². The van der Waals surface area contributed by atoms with Gasteiger partial charge in [0.25, 0.3) is 11.5 Å². The van der Waals surface area contributed by atoms with Gasteiger partial charge in [0.05, 0.1) is 38.3 Å². The van der Waals surface area contributed by atoms with Crippen LogP contribution in [0.25, 0.3) is 11.1 Å². The molecular formula is C36H43N9O4. The molecule has 256 valence electrons. The van der Waals surface area contributed by atoms with E-state index in [1.54, 1.807) is 48.9 Å². The fraction of sp³-hybridized carbons (Fsp3) is 0.472. The van der Waals surface area contributed by atoms with Crippen molar-refractivity contribution >= 4 is 29.0 Å². The van der Waals surface area contributed by atoms with Crippen molar-refractivity contribution in [2.24, 2.45) is 12.5 Å². The molecule has 4 aromatic rings. The highest BCUT2D eigenvalue weighted by Crippen LogP contribution is 2.40. The number of carbonyl (C=O) groups is 1. The van der Waals surface area contributed by atoms with Crippen LogP contribution in [0.2, 0.25) is 0 Å². The normalized spacial score (nSPS) is 20.7. The van der Waals surface area contributed by atoms with Gasteiger partial charge in [-0.1, -0.05) is 13.8 Å². The van der Waals surface area contributed by atoms with Crippen molar-refractivity contribution in [3.8, 4) is 11.1 Å². The molecule has 8 rings (SSSR count). The van der Waals surface area contributed by atoms with Crippen LogP contribution in [-0.4, -0.2) is 91.5 Å². The van der Waals surface area contributed by atoms with E-state index in [9.17, 15) is 14.7 Å². The Morgan fingerprint density at radius 2 is 1.88 bits per heavy atom. The standard InChI is InChI=1S/C36H43N9O4/c1-22-17-42(25-20-49-21-25)7-8-43(22)32-16-38-31(15-39-32)40-28-11-24(18-41(4)34(28)47)26-5-6-37-33(27(26)19-46)45-10-9-44-29(35(45)48)12-23-13-36(2,3)14-30(23)44/h5-6,11-12,15-16,18,22,25,46H,7-10,13-14,17,19-21H2,1-4H3,(H,38,40)/t22-/m0/s1. The lowest BCUT2D eigenvalue weighted by molar-refractivity contribution is -0.0692. The second kappa shape index (κ2) is 12.1. The summed E-state index contributed by atoms with van der Waals surface area (Å²) in [6.45, 7) is 11.9. The Balaban J connectivity index is 1.04. The molecule has 13 nitrogen and oxygen atoms in total. The lowest BCUT2D eigenvalue weighted by Gasteiger charge is -2.46. The maximum absolute atomic E-state index is 13.9. The van der Waals surface area contributed by atoms with Crippen molar-refractivity contribution in [1.82, 2.24) is 29.0 Å². The predicted molar refractivity (Wildman–Crippen MR) is 186 cm³/mol. The molecule has 0 unspecified atom stereocenters. The maximum atomic E-state index is 13.9. The second-order valence-corrected chi connectivity index (χ2v) is 14.6. The van der Waals surface area contributed by atoms with Crippen LogP contribution in [0.15, 0.2) is 47.8 Å². The van der Waals surface area contributed by atoms with E-state index < -0.39 is 0 Å². The zero-order valence-corrected chi connectivity index (χ0v) is 28.5. The van der Waals surface area contributed by atoms with E-state index in [-0.39, 0.29) is 29.5 Å². The third-order valence-corrected chi connectivity index (χ3v) is 10.6. The number of pyridine rings is 2. The first-order chi connectivity index (χ1) is 23.6. The van der Waals surface area contributed by atoms with Crippen LogP contribution in [0, 0.1) is 5.41 Å². The van der Waals surface area contributed by atoms with Crippen LogP contribution in [0.3, 0.4) is 0 Å². The first-order valence-electron chi connectivity index (χ1n) is 17.1. The van der Waals surface area contributed by atoms with Crippen LogP contribution in [-0.2, 0) is 37.8 Å². The monoisotopic (exact) mass is 665 g/mol. The molecule has 13 heteroatoms. The van der Waals surface area contributed by atoms with E-state index in [0.29, 0.717) is 58.8 Å². The second-order valence-electron chi connectivity index (χ2n) is 14.6. The van der Waals surface area contributed by atoms with Gasteiger partial charge in [-0.3, -0.25) is 19.4 Å². The molecule has 1 atom stereocenters. The number of aromatic nitrogens is 5. The van der Waals surface area contributed by atoms with E-state index in [4.69, 9.17) is 9.72 Å². The molecule has 1 amide bonds. The number of nitrogens with one attached hydrogen (secondary N) is 1. The van der Waals surface area contributed by atoms with Gasteiger partial charge < -0.3 is 29.2 Å². The summed E-state index contributed by atoms with van der Waals surface area (Å²) >= 11 is 0. The van der Waals surface area contributed by atoms with Crippen LogP contribution in [0.1, 0.15) is 48.1 Å². The van der Waals surface area contributed by atoms with Gasteiger partial charge in [0.2, 0.25) is 0 Å². The molecule has 49 heavy (non-hydrogen) atoms. The van der Waals surface area contributed by atoms with Gasteiger partial charge in [-0.25, -0.2) is 15.0 Å². The Morgan fingerprint density at radius 1 is 1.04 bits per heavy atom. The number of ether oxygens (including phenoxy) is 1. The predicted octanol–water partition coefficient (Wildman–Crippen LogP) is 2.97. The van der Waals surface area contributed by atoms with E-state index in [1.807, 2.05) is 6.07 Å². The Bertz CT molecular complexity index is 1980. The van der Waals surface area contributed by atoms with Crippen molar-refractivity contribution in [3.63, 3.8) is 0 Å². The number of amides is 1. The average Bonchev–Trinajstić information content (AvgIpc) is 3.55. The maximum Gasteiger partial charge on any atom is 0.276 e. The topological polar surface area (TPSA) is 134 Å². The fourth-order valence-corrected chi connectivity index (χ4v) is 7.97. The Hall–Kier alpha value is -4.59. The summed E-state index contributed by atoms with van der Waals surface area (Å²) in [4.78, 5) is 47.4. The van der Waals surface area contributed by atoms with Crippen molar-refractivity contribution < 1.29 is 14.6 Å². The summed E-state index contributed by atoms with van der Waals surface area (Å²) in [6, 6.07) is 6.39. The van der Waals surface area contributed by atoms with Gasteiger partial charge >= 0.3 is 0 Å². The minimum Gasteiger partial charge on any atom is -0.392 e. The number of aliphatic hydroxyl groups excluding tert-OH is 1. The largest absolute Gasteiger partial charge is 0.392 e. The molecule has 7 heterocycles. The zero-order chi connectivity index (χ0) is 34.0. The summed E-state index contributed by atoms with van der Waals surface area (Å²) in [6.07, 6.45) is 8.69. The molecule has 4 aromatic heterocycles. The third-order valence-electron chi connectivity index (χ3n) is 10.6. The van der Waals surface area contributed by atoms with E-state index >= 15 is 0 Å². The zero-order valence-electron chi connectivity index (χ0n) is 28.5. The SMILES string of the molecule is C[C@H]1CN(C2COC2)CCN1c1cnc(Nc2cc(-c3ccnc(N4CCn5c(cc6c5CC(C)(C)C6)C4=O)c3CO)cn(C)c2=O)cn1. The highest BCUT2D eigenvalue weighted by atomic mass is 16.5. The summed E-state index contributed by atoms with van der Waals surface area (Å²) in [5.41, 5.74) is 5.37. The number of nitrogens with zero attached hydrogens (tertiary/aromatic N) is 8. The van der Waals surface area contributed by atoms with Crippen LogP contribution in [0.5, 0.6) is 0 Å². The third kappa shape index (κ3) is 5.59. The van der Waals surface area contributed by atoms with Crippen LogP contribution < -0.4 is 20.7 Å². The number of hydrogen-bond donors (Lipinski definition) is 2. The number of aryl methyl sites for hydroxylation is 1. The quantitative estimate of drug-likeness (QED) is 0.304. The van der Waals surface area contributed by atoms with E-state index in [0.717, 1.165) is 51.5 Å². The highest BCUT2D eigenvalue weighted by molar-refractivity contribution is 6.06. The number of carbonyl (C=O) groups excluding carboxylic acids is 1. The van der Waals surface area contributed by atoms with Gasteiger partial charge in [-0.05, 0) is 54.5 Å².